The molecule has 0 aromatic heterocycles. The fourth-order valence-electron chi connectivity index (χ4n) is 3.15. The largest absolute Gasteiger partial charge is 0.352 e. The van der Waals surface area contributed by atoms with Crippen LogP contribution in [0, 0.1) is 11.8 Å². The van der Waals surface area contributed by atoms with Crippen LogP contribution in [-0.2, 0) is 14.4 Å². The number of carbonyl (C=O) groups excluding carboxylic acids is 3. The Kier molecular flexibility index (Phi) is 8.53. The number of carbonyl (C=O) groups is 3. The molecule has 3 amide bonds. The van der Waals surface area contributed by atoms with Crippen LogP contribution in [0.25, 0.3) is 0 Å². The Balaban J connectivity index is 2.83. The minimum Gasteiger partial charge on any atom is -0.352 e. The Hall–Kier alpha value is -1.63. The number of hydrogen-bond acceptors (Lipinski definition) is 4. The molecule has 0 radical (unpaired) electrons. The van der Waals surface area contributed by atoms with Crippen molar-refractivity contribution in [3.05, 3.63) is 0 Å². The van der Waals surface area contributed by atoms with Crippen LogP contribution in [0.4, 0.5) is 0 Å². The summed E-state index contributed by atoms with van der Waals surface area (Å²) in [5.41, 5.74) is 6.08. The van der Waals surface area contributed by atoms with Crippen molar-refractivity contribution in [2.45, 2.75) is 85.0 Å². The fraction of sp³-hybridized carbons (Fsp3) is 0.842. The van der Waals surface area contributed by atoms with E-state index in [0.29, 0.717) is 13.0 Å². The molecule has 1 saturated heterocycles. The summed E-state index contributed by atoms with van der Waals surface area (Å²) in [4.78, 5) is 39.5. The summed E-state index contributed by atoms with van der Waals surface area (Å²) in [6.07, 6.45) is 2.17. The first kappa shape index (κ1) is 22.4. The molecule has 0 aromatic carbocycles. The molecular formula is C19H36N4O3. The first-order chi connectivity index (χ1) is 12.1. The van der Waals surface area contributed by atoms with Gasteiger partial charge in [-0.2, -0.15) is 0 Å². The highest BCUT2D eigenvalue weighted by atomic mass is 16.2. The van der Waals surface area contributed by atoms with Crippen molar-refractivity contribution in [1.82, 2.24) is 15.5 Å². The topological polar surface area (TPSA) is 105 Å². The molecular weight excluding hydrogens is 332 g/mol. The standard InChI is InChI=1S/C19H36N4O3/c1-7-13(6)15(20)19(26)23-10-8-9-14(23)17(24)22-16(11(2)3)18(25)21-12(4)5/h11-16H,7-10,20H2,1-6H3,(H,21,25)(H,22,24)/t13-,14-,15?,16-/m0/s1. The molecule has 0 aliphatic carbocycles. The average Bonchev–Trinajstić information content (AvgIpc) is 3.05. The van der Waals surface area contributed by atoms with E-state index in [2.05, 4.69) is 10.6 Å². The summed E-state index contributed by atoms with van der Waals surface area (Å²) in [5.74, 6) is -0.636. The van der Waals surface area contributed by atoms with E-state index in [4.69, 9.17) is 5.73 Å². The number of hydrogen-bond donors (Lipinski definition) is 3. The lowest BCUT2D eigenvalue weighted by atomic mass is 9.98. The van der Waals surface area contributed by atoms with Crippen molar-refractivity contribution in [2.75, 3.05) is 6.54 Å². The van der Waals surface area contributed by atoms with Crippen LogP contribution in [0.3, 0.4) is 0 Å². The molecule has 0 bridgehead atoms. The van der Waals surface area contributed by atoms with Gasteiger partial charge in [0.15, 0.2) is 0 Å². The summed E-state index contributed by atoms with van der Waals surface area (Å²) >= 11 is 0. The summed E-state index contributed by atoms with van der Waals surface area (Å²) in [6.45, 7) is 12.0. The van der Waals surface area contributed by atoms with E-state index >= 15 is 0 Å². The van der Waals surface area contributed by atoms with Crippen molar-refractivity contribution in [3.8, 4) is 0 Å². The van der Waals surface area contributed by atoms with E-state index in [1.165, 1.54) is 0 Å². The molecule has 4 N–H and O–H groups in total. The molecule has 26 heavy (non-hydrogen) atoms. The van der Waals surface area contributed by atoms with Crippen LogP contribution in [0.2, 0.25) is 0 Å². The lowest BCUT2D eigenvalue weighted by Crippen LogP contribution is -2.57. The van der Waals surface area contributed by atoms with Gasteiger partial charge in [-0.25, -0.2) is 0 Å². The number of likely N-dealkylation sites (tertiary alicyclic amines) is 1. The van der Waals surface area contributed by atoms with Crippen LogP contribution >= 0.6 is 0 Å². The van der Waals surface area contributed by atoms with Gasteiger partial charge in [0.1, 0.15) is 12.1 Å². The number of nitrogens with two attached hydrogens (primary N) is 1. The van der Waals surface area contributed by atoms with Crippen LogP contribution in [-0.4, -0.2) is 53.3 Å². The Bertz CT molecular complexity index is 507. The van der Waals surface area contributed by atoms with E-state index in [9.17, 15) is 14.4 Å². The highest BCUT2D eigenvalue weighted by Gasteiger charge is 2.38. The molecule has 0 saturated carbocycles. The lowest BCUT2D eigenvalue weighted by molar-refractivity contribution is -0.141. The second-order valence-corrected chi connectivity index (χ2v) is 7.99. The zero-order chi connectivity index (χ0) is 20.0. The summed E-state index contributed by atoms with van der Waals surface area (Å²) in [6, 6.07) is -1.77. The van der Waals surface area contributed by atoms with E-state index in [-0.39, 0.29) is 35.6 Å². The van der Waals surface area contributed by atoms with E-state index in [1.807, 2.05) is 41.5 Å². The highest BCUT2D eigenvalue weighted by Crippen LogP contribution is 2.21. The van der Waals surface area contributed by atoms with Crippen molar-refractivity contribution in [3.63, 3.8) is 0 Å². The monoisotopic (exact) mass is 368 g/mol. The molecule has 1 heterocycles. The minimum absolute atomic E-state index is 0.00117. The zero-order valence-electron chi connectivity index (χ0n) is 17.0. The van der Waals surface area contributed by atoms with Gasteiger partial charge in [-0.1, -0.05) is 34.1 Å². The van der Waals surface area contributed by atoms with E-state index in [1.54, 1.807) is 4.90 Å². The van der Waals surface area contributed by atoms with E-state index in [0.717, 1.165) is 12.8 Å². The van der Waals surface area contributed by atoms with Crippen LogP contribution in [0.15, 0.2) is 0 Å². The molecule has 1 aliphatic rings. The minimum atomic E-state index is -0.620. The quantitative estimate of drug-likeness (QED) is 0.595. The molecule has 1 rings (SSSR count). The molecule has 1 aliphatic heterocycles. The number of amides is 3. The molecule has 0 aromatic rings. The average molecular weight is 369 g/mol. The highest BCUT2D eigenvalue weighted by molar-refractivity contribution is 5.93. The van der Waals surface area contributed by atoms with Gasteiger partial charge in [0.25, 0.3) is 0 Å². The van der Waals surface area contributed by atoms with Gasteiger partial charge >= 0.3 is 0 Å². The first-order valence-corrected chi connectivity index (χ1v) is 9.76. The van der Waals surface area contributed by atoms with Gasteiger partial charge in [0, 0.05) is 12.6 Å². The third-order valence-corrected chi connectivity index (χ3v) is 5.06. The Morgan fingerprint density at radius 2 is 1.73 bits per heavy atom. The second kappa shape index (κ2) is 9.90. The first-order valence-electron chi connectivity index (χ1n) is 9.76. The van der Waals surface area contributed by atoms with Crippen molar-refractivity contribution >= 4 is 17.7 Å². The van der Waals surface area contributed by atoms with Gasteiger partial charge in [0.2, 0.25) is 17.7 Å². The molecule has 150 valence electrons. The number of nitrogens with zero attached hydrogens (tertiary/aromatic N) is 1. The van der Waals surface area contributed by atoms with Crippen molar-refractivity contribution < 1.29 is 14.4 Å². The third kappa shape index (κ3) is 5.69. The van der Waals surface area contributed by atoms with Gasteiger partial charge < -0.3 is 21.3 Å². The second-order valence-electron chi connectivity index (χ2n) is 7.99. The fourth-order valence-corrected chi connectivity index (χ4v) is 3.15. The normalized spacial score (nSPS) is 20.8. The van der Waals surface area contributed by atoms with Crippen molar-refractivity contribution in [1.29, 1.82) is 0 Å². The van der Waals surface area contributed by atoms with Crippen molar-refractivity contribution in [2.24, 2.45) is 17.6 Å². The summed E-state index contributed by atoms with van der Waals surface area (Å²) < 4.78 is 0. The third-order valence-electron chi connectivity index (χ3n) is 5.06. The van der Waals surface area contributed by atoms with Crippen LogP contribution in [0.1, 0.15) is 60.8 Å². The molecule has 4 atom stereocenters. The summed E-state index contributed by atoms with van der Waals surface area (Å²) in [5, 5.41) is 5.69. The zero-order valence-corrected chi connectivity index (χ0v) is 17.0. The number of rotatable bonds is 8. The predicted molar refractivity (Wildman–Crippen MR) is 102 cm³/mol. The number of nitrogens with one attached hydrogen (secondary N) is 2. The molecule has 1 unspecified atom stereocenters. The maximum Gasteiger partial charge on any atom is 0.243 e. The van der Waals surface area contributed by atoms with Crippen LogP contribution < -0.4 is 16.4 Å². The molecule has 7 heteroatoms. The Labute approximate surface area is 157 Å². The SMILES string of the molecule is CC[C@H](C)C(N)C(=O)N1CCC[C@H]1C(=O)N[C@H](C(=O)NC(C)C)C(C)C. The smallest absolute Gasteiger partial charge is 0.243 e. The van der Waals surface area contributed by atoms with E-state index < -0.39 is 18.1 Å². The maximum absolute atomic E-state index is 12.8. The van der Waals surface area contributed by atoms with Gasteiger partial charge in [0.05, 0.1) is 6.04 Å². The van der Waals surface area contributed by atoms with Gasteiger partial charge in [-0.05, 0) is 38.5 Å². The van der Waals surface area contributed by atoms with Crippen LogP contribution in [0.5, 0.6) is 0 Å². The lowest BCUT2D eigenvalue weighted by Gasteiger charge is -2.30. The summed E-state index contributed by atoms with van der Waals surface area (Å²) in [7, 11) is 0. The molecule has 7 nitrogen and oxygen atoms in total. The predicted octanol–water partition coefficient (Wildman–Crippen LogP) is 1.02. The Morgan fingerprint density at radius 1 is 1.12 bits per heavy atom. The molecule has 1 fully saturated rings. The maximum atomic E-state index is 12.8. The Morgan fingerprint density at radius 3 is 2.23 bits per heavy atom. The van der Waals surface area contributed by atoms with Gasteiger partial charge in [-0.3, -0.25) is 14.4 Å². The molecule has 0 spiro atoms. The van der Waals surface area contributed by atoms with Gasteiger partial charge in [-0.15, -0.1) is 0 Å².